The number of ether oxygens (including phenoxy) is 2. The van der Waals surface area contributed by atoms with Gasteiger partial charge in [-0.15, -0.1) is 0 Å². The normalized spacial score (nSPS) is 11.9. The second-order valence-corrected chi connectivity index (χ2v) is 6.79. The highest BCUT2D eigenvalue weighted by molar-refractivity contribution is 5.87. The summed E-state index contributed by atoms with van der Waals surface area (Å²) >= 11 is 0. The van der Waals surface area contributed by atoms with Crippen molar-refractivity contribution in [1.82, 2.24) is 0 Å². The highest BCUT2D eigenvalue weighted by Crippen LogP contribution is 2.31. The Balaban J connectivity index is 3.00. The number of carbonyl (C=O) groups is 1. The second-order valence-electron chi connectivity index (χ2n) is 6.79. The van der Waals surface area contributed by atoms with Gasteiger partial charge in [0.15, 0.2) is 0 Å². The van der Waals surface area contributed by atoms with Crippen LogP contribution in [0.25, 0.3) is 0 Å². The van der Waals surface area contributed by atoms with Crippen LogP contribution in [0.5, 0.6) is 5.75 Å². The quantitative estimate of drug-likeness (QED) is 0.876. The van der Waals surface area contributed by atoms with Gasteiger partial charge in [-0.05, 0) is 43.9 Å². The third kappa shape index (κ3) is 4.76. The van der Waals surface area contributed by atoms with Gasteiger partial charge in [-0.3, -0.25) is 5.32 Å². The van der Waals surface area contributed by atoms with Gasteiger partial charge >= 0.3 is 6.09 Å². The predicted molar refractivity (Wildman–Crippen MR) is 81.6 cm³/mol. The van der Waals surface area contributed by atoms with Crippen LogP contribution in [0.4, 0.5) is 10.5 Å². The van der Waals surface area contributed by atoms with Crippen molar-refractivity contribution < 1.29 is 14.3 Å². The van der Waals surface area contributed by atoms with Crippen LogP contribution in [0.2, 0.25) is 0 Å². The molecule has 1 rings (SSSR count). The lowest BCUT2D eigenvalue weighted by molar-refractivity contribution is 0.0635. The molecule has 0 aromatic heterocycles. The Bertz CT molecular complexity index is 481. The fraction of sp³-hybridized carbons (Fsp3) is 0.562. The maximum Gasteiger partial charge on any atom is 0.412 e. The predicted octanol–water partition coefficient (Wildman–Crippen LogP) is 4.34. The first-order valence-corrected chi connectivity index (χ1v) is 6.71. The standard InChI is InChI=1S/C16H25NO3/c1-15(2,3)11-8-9-13(19-7)12(10-11)17-14(18)20-16(4,5)6/h8-10H,1-7H3,(H,17,18). The fourth-order valence-corrected chi connectivity index (χ4v) is 1.69. The van der Waals surface area contributed by atoms with E-state index in [1.54, 1.807) is 7.11 Å². The molecule has 0 spiro atoms. The Morgan fingerprint density at radius 2 is 1.70 bits per heavy atom. The van der Waals surface area contributed by atoms with Gasteiger partial charge in [-0.2, -0.15) is 0 Å². The van der Waals surface area contributed by atoms with E-state index in [4.69, 9.17) is 9.47 Å². The van der Waals surface area contributed by atoms with Crippen LogP contribution < -0.4 is 10.1 Å². The molecule has 4 nitrogen and oxygen atoms in total. The molecule has 4 heteroatoms. The Morgan fingerprint density at radius 3 is 2.15 bits per heavy atom. The number of carbonyl (C=O) groups excluding carboxylic acids is 1. The van der Waals surface area contributed by atoms with E-state index in [1.807, 2.05) is 39.0 Å². The molecule has 0 aliphatic heterocycles. The SMILES string of the molecule is COc1ccc(C(C)(C)C)cc1NC(=O)OC(C)(C)C. The topological polar surface area (TPSA) is 47.6 Å². The molecule has 1 aromatic carbocycles. The summed E-state index contributed by atoms with van der Waals surface area (Å²) < 4.78 is 10.5. The summed E-state index contributed by atoms with van der Waals surface area (Å²) in [6.45, 7) is 11.8. The molecule has 0 heterocycles. The Kier molecular flexibility index (Phi) is 4.69. The second kappa shape index (κ2) is 5.73. The summed E-state index contributed by atoms with van der Waals surface area (Å²) in [7, 11) is 1.58. The largest absolute Gasteiger partial charge is 0.495 e. The van der Waals surface area contributed by atoms with Gasteiger partial charge in [0.25, 0.3) is 0 Å². The molecule has 0 fully saturated rings. The minimum atomic E-state index is -0.529. The van der Waals surface area contributed by atoms with E-state index in [9.17, 15) is 4.79 Å². The summed E-state index contributed by atoms with van der Waals surface area (Å²) in [4.78, 5) is 11.9. The Morgan fingerprint density at radius 1 is 1.10 bits per heavy atom. The van der Waals surface area contributed by atoms with Crippen LogP contribution in [0, 0.1) is 0 Å². The number of methoxy groups -OCH3 is 1. The minimum Gasteiger partial charge on any atom is -0.495 e. The third-order valence-electron chi connectivity index (χ3n) is 2.70. The Labute approximate surface area is 121 Å². The van der Waals surface area contributed by atoms with Crippen molar-refractivity contribution in [1.29, 1.82) is 0 Å². The lowest BCUT2D eigenvalue weighted by Crippen LogP contribution is -2.27. The van der Waals surface area contributed by atoms with Crippen molar-refractivity contribution in [3.63, 3.8) is 0 Å². The maximum atomic E-state index is 11.9. The van der Waals surface area contributed by atoms with Gasteiger partial charge in [0.1, 0.15) is 11.4 Å². The van der Waals surface area contributed by atoms with E-state index < -0.39 is 11.7 Å². The molecule has 0 aliphatic carbocycles. The van der Waals surface area contributed by atoms with E-state index in [0.29, 0.717) is 11.4 Å². The minimum absolute atomic E-state index is 0.00334. The number of nitrogens with one attached hydrogen (secondary N) is 1. The van der Waals surface area contributed by atoms with Crippen LogP contribution in [0.1, 0.15) is 47.1 Å². The first-order chi connectivity index (χ1) is 9.03. The van der Waals surface area contributed by atoms with Crippen molar-refractivity contribution in [3.05, 3.63) is 23.8 Å². The number of hydrogen-bond donors (Lipinski definition) is 1. The van der Waals surface area contributed by atoms with Crippen molar-refractivity contribution in [3.8, 4) is 5.75 Å². The molecule has 0 aliphatic rings. The Hall–Kier alpha value is -1.71. The van der Waals surface area contributed by atoms with Crippen molar-refractivity contribution >= 4 is 11.8 Å². The molecule has 1 N–H and O–H groups in total. The lowest BCUT2D eigenvalue weighted by atomic mass is 9.87. The summed E-state index contributed by atoms with van der Waals surface area (Å²) in [5.74, 6) is 0.615. The van der Waals surface area contributed by atoms with Gasteiger partial charge < -0.3 is 9.47 Å². The highest BCUT2D eigenvalue weighted by atomic mass is 16.6. The van der Waals surface area contributed by atoms with Gasteiger partial charge in [0.05, 0.1) is 12.8 Å². The molecule has 1 amide bonds. The molecular formula is C16H25NO3. The van der Waals surface area contributed by atoms with E-state index >= 15 is 0 Å². The molecule has 0 atom stereocenters. The molecule has 0 saturated heterocycles. The van der Waals surface area contributed by atoms with Crippen molar-refractivity contribution in [2.45, 2.75) is 52.6 Å². The number of rotatable bonds is 2. The molecular weight excluding hydrogens is 254 g/mol. The van der Waals surface area contributed by atoms with Crippen molar-refractivity contribution in [2.24, 2.45) is 0 Å². The van der Waals surface area contributed by atoms with Gasteiger partial charge in [0.2, 0.25) is 0 Å². The zero-order valence-corrected chi connectivity index (χ0v) is 13.5. The summed E-state index contributed by atoms with van der Waals surface area (Å²) in [5.41, 5.74) is 1.20. The number of amides is 1. The highest BCUT2D eigenvalue weighted by Gasteiger charge is 2.20. The van der Waals surface area contributed by atoms with Gasteiger partial charge in [-0.25, -0.2) is 4.79 Å². The van der Waals surface area contributed by atoms with Crippen LogP contribution >= 0.6 is 0 Å². The van der Waals surface area contributed by atoms with Crippen LogP contribution in [-0.4, -0.2) is 18.8 Å². The van der Waals surface area contributed by atoms with Crippen LogP contribution in [-0.2, 0) is 10.2 Å². The number of anilines is 1. The lowest BCUT2D eigenvalue weighted by Gasteiger charge is -2.23. The smallest absolute Gasteiger partial charge is 0.412 e. The molecule has 0 saturated carbocycles. The molecule has 0 unspecified atom stereocenters. The third-order valence-corrected chi connectivity index (χ3v) is 2.70. The number of benzene rings is 1. The van der Waals surface area contributed by atoms with E-state index in [0.717, 1.165) is 5.56 Å². The van der Waals surface area contributed by atoms with E-state index in [1.165, 1.54) is 0 Å². The summed E-state index contributed by atoms with van der Waals surface area (Å²) in [6.07, 6.45) is -0.484. The van der Waals surface area contributed by atoms with Crippen LogP contribution in [0.15, 0.2) is 18.2 Å². The molecule has 0 radical (unpaired) electrons. The van der Waals surface area contributed by atoms with E-state index in [-0.39, 0.29) is 5.41 Å². The average molecular weight is 279 g/mol. The van der Waals surface area contributed by atoms with Gasteiger partial charge in [0, 0.05) is 0 Å². The zero-order chi connectivity index (χ0) is 15.6. The first-order valence-electron chi connectivity index (χ1n) is 6.71. The van der Waals surface area contributed by atoms with E-state index in [2.05, 4.69) is 26.1 Å². The summed E-state index contributed by atoms with van der Waals surface area (Å²) in [5, 5.41) is 2.74. The molecule has 1 aromatic rings. The molecule has 112 valence electrons. The molecule has 20 heavy (non-hydrogen) atoms. The monoisotopic (exact) mass is 279 g/mol. The van der Waals surface area contributed by atoms with Gasteiger partial charge in [-0.1, -0.05) is 26.8 Å². The number of hydrogen-bond acceptors (Lipinski definition) is 3. The zero-order valence-electron chi connectivity index (χ0n) is 13.5. The maximum absolute atomic E-state index is 11.9. The summed E-state index contributed by atoms with van der Waals surface area (Å²) in [6, 6.07) is 5.77. The van der Waals surface area contributed by atoms with Crippen molar-refractivity contribution in [2.75, 3.05) is 12.4 Å². The van der Waals surface area contributed by atoms with Crippen LogP contribution in [0.3, 0.4) is 0 Å². The first kappa shape index (κ1) is 16.3. The average Bonchev–Trinajstić information content (AvgIpc) is 2.24. The molecule has 0 bridgehead atoms. The fourth-order valence-electron chi connectivity index (χ4n) is 1.69.